The monoisotopic (exact) mass is 460 g/mol. The number of nitrogens with zero attached hydrogens (tertiary/aromatic N) is 2. The molecule has 0 unspecified atom stereocenters. The molecule has 33 heavy (non-hydrogen) atoms. The van der Waals surface area contributed by atoms with Crippen molar-refractivity contribution in [3.63, 3.8) is 0 Å². The number of aryl methyl sites for hydroxylation is 1. The predicted octanol–water partition coefficient (Wildman–Crippen LogP) is 5.72. The molecular formula is C25H20N2O5S. The first kappa shape index (κ1) is 22.3. The Morgan fingerprint density at radius 3 is 2.48 bits per heavy atom. The van der Waals surface area contributed by atoms with E-state index in [1.165, 1.54) is 17.0 Å². The minimum absolute atomic E-state index is 0.0251. The number of nitro benzene ring substituents is 1. The Balaban J connectivity index is 1.43. The van der Waals surface area contributed by atoms with Crippen LogP contribution in [-0.4, -0.2) is 21.0 Å². The fourth-order valence-electron chi connectivity index (χ4n) is 3.36. The van der Waals surface area contributed by atoms with Crippen LogP contribution in [0.1, 0.15) is 22.3 Å². The van der Waals surface area contributed by atoms with E-state index < -0.39 is 4.92 Å². The molecule has 8 heteroatoms. The Hall–Kier alpha value is -3.91. The molecule has 0 bridgehead atoms. The van der Waals surface area contributed by atoms with Crippen molar-refractivity contribution in [3.8, 4) is 5.75 Å². The van der Waals surface area contributed by atoms with Crippen molar-refractivity contribution >= 4 is 34.7 Å². The first-order valence-corrected chi connectivity index (χ1v) is 11.0. The van der Waals surface area contributed by atoms with E-state index in [1.807, 2.05) is 37.3 Å². The summed E-state index contributed by atoms with van der Waals surface area (Å²) >= 11 is 0.922. The molecule has 1 heterocycles. The van der Waals surface area contributed by atoms with Gasteiger partial charge >= 0.3 is 0 Å². The van der Waals surface area contributed by atoms with Gasteiger partial charge in [0.1, 0.15) is 12.4 Å². The topological polar surface area (TPSA) is 89.8 Å². The summed E-state index contributed by atoms with van der Waals surface area (Å²) < 4.78 is 5.79. The van der Waals surface area contributed by atoms with Gasteiger partial charge in [0.05, 0.1) is 16.4 Å². The summed E-state index contributed by atoms with van der Waals surface area (Å²) in [6, 6.07) is 21.1. The summed E-state index contributed by atoms with van der Waals surface area (Å²) in [7, 11) is 0. The van der Waals surface area contributed by atoms with Gasteiger partial charge in [-0.2, -0.15) is 0 Å². The molecule has 1 fully saturated rings. The van der Waals surface area contributed by atoms with Crippen LogP contribution in [-0.2, 0) is 17.9 Å². The largest absolute Gasteiger partial charge is 0.489 e. The Kier molecular flexibility index (Phi) is 6.55. The predicted molar refractivity (Wildman–Crippen MR) is 127 cm³/mol. The van der Waals surface area contributed by atoms with Crippen molar-refractivity contribution < 1.29 is 19.2 Å². The van der Waals surface area contributed by atoms with Gasteiger partial charge in [-0.25, -0.2) is 0 Å². The zero-order chi connectivity index (χ0) is 23.4. The summed E-state index contributed by atoms with van der Waals surface area (Å²) in [5, 5.41) is 10.5. The highest BCUT2D eigenvalue weighted by molar-refractivity contribution is 8.18. The Morgan fingerprint density at radius 1 is 1.00 bits per heavy atom. The molecule has 0 aliphatic carbocycles. The lowest BCUT2D eigenvalue weighted by Gasteiger charge is -2.12. The number of rotatable bonds is 7. The SMILES string of the molecule is Cc1cccc(CN2C(=O)S/C(=C\c3cccc(OCc4ccc([N+](=O)[O-])cc4)c3)C2=O)c1. The van der Waals surface area contributed by atoms with Crippen molar-refractivity contribution in [1.29, 1.82) is 0 Å². The number of benzene rings is 3. The lowest BCUT2D eigenvalue weighted by molar-refractivity contribution is -0.384. The van der Waals surface area contributed by atoms with Crippen molar-refractivity contribution in [2.75, 3.05) is 0 Å². The average Bonchev–Trinajstić information content (AvgIpc) is 3.05. The number of carbonyl (C=O) groups excluding carboxylic acids is 2. The highest BCUT2D eigenvalue weighted by Gasteiger charge is 2.35. The molecule has 0 spiro atoms. The highest BCUT2D eigenvalue weighted by atomic mass is 32.2. The van der Waals surface area contributed by atoms with Gasteiger partial charge in [0, 0.05) is 12.1 Å². The van der Waals surface area contributed by atoms with Crippen LogP contribution in [0.15, 0.2) is 77.7 Å². The third-order valence-corrected chi connectivity index (χ3v) is 5.91. The quantitative estimate of drug-likeness (QED) is 0.255. The number of carbonyl (C=O) groups is 2. The van der Waals surface area contributed by atoms with Gasteiger partial charge in [-0.15, -0.1) is 0 Å². The number of thioether (sulfide) groups is 1. The summed E-state index contributed by atoms with van der Waals surface area (Å²) in [6.07, 6.45) is 1.68. The Labute approximate surface area is 194 Å². The third-order valence-electron chi connectivity index (χ3n) is 5.01. The summed E-state index contributed by atoms with van der Waals surface area (Å²) in [5.41, 5.74) is 3.53. The minimum atomic E-state index is -0.448. The zero-order valence-electron chi connectivity index (χ0n) is 17.8. The van der Waals surface area contributed by atoms with E-state index in [1.54, 1.807) is 36.4 Å². The van der Waals surface area contributed by atoms with E-state index in [-0.39, 0.29) is 30.0 Å². The van der Waals surface area contributed by atoms with Crippen LogP contribution in [0.25, 0.3) is 6.08 Å². The lowest BCUT2D eigenvalue weighted by atomic mass is 10.1. The second-order valence-electron chi connectivity index (χ2n) is 7.54. The molecule has 1 aliphatic rings. The van der Waals surface area contributed by atoms with Gasteiger partial charge in [0.15, 0.2) is 0 Å². The summed E-state index contributed by atoms with van der Waals surface area (Å²) in [6.45, 7) is 2.45. The molecule has 3 aromatic carbocycles. The molecule has 7 nitrogen and oxygen atoms in total. The third kappa shape index (κ3) is 5.48. The van der Waals surface area contributed by atoms with Gasteiger partial charge in [0.2, 0.25) is 0 Å². The second-order valence-corrected chi connectivity index (χ2v) is 8.53. The molecule has 1 saturated heterocycles. The molecule has 166 valence electrons. The van der Waals surface area contributed by atoms with Crippen LogP contribution >= 0.6 is 11.8 Å². The van der Waals surface area contributed by atoms with Gasteiger partial charge < -0.3 is 4.74 Å². The van der Waals surface area contributed by atoms with Gasteiger partial charge in [-0.05, 0) is 65.7 Å². The molecule has 3 aromatic rings. The molecule has 0 atom stereocenters. The Morgan fingerprint density at radius 2 is 1.76 bits per heavy atom. The normalized spacial score (nSPS) is 14.7. The van der Waals surface area contributed by atoms with Gasteiger partial charge in [-0.1, -0.05) is 42.0 Å². The molecule has 0 aromatic heterocycles. The first-order chi connectivity index (χ1) is 15.9. The fraction of sp³-hybridized carbons (Fsp3) is 0.120. The first-order valence-electron chi connectivity index (χ1n) is 10.2. The van der Waals surface area contributed by atoms with Crippen LogP contribution in [0.2, 0.25) is 0 Å². The van der Waals surface area contributed by atoms with E-state index in [0.29, 0.717) is 10.7 Å². The number of non-ortho nitro benzene ring substituents is 1. The molecule has 1 aliphatic heterocycles. The van der Waals surface area contributed by atoms with Crippen LogP contribution in [0.5, 0.6) is 5.75 Å². The molecule has 0 saturated carbocycles. The van der Waals surface area contributed by atoms with E-state index in [0.717, 1.165) is 34.0 Å². The molecule has 4 rings (SSSR count). The summed E-state index contributed by atoms with van der Waals surface area (Å²) in [5.74, 6) is 0.268. The van der Waals surface area contributed by atoms with Crippen molar-refractivity contribution in [2.24, 2.45) is 0 Å². The maximum atomic E-state index is 12.8. The Bertz CT molecular complexity index is 1250. The number of nitro groups is 1. The fourth-order valence-corrected chi connectivity index (χ4v) is 4.19. The van der Waals surface area contributed by atoms with Crippen molar-refractivity contribution in [3.05, 3.63) is 110 Å². The molecule has 0 N–H and O–H groups in total. The van der Waals surface area contributed by atoms with Gasteiger partial charge in [-0.3, -0.25) is 24.6 Å². The standard InChI is InChI=1S/C25H20N2O5S/c1-17-4-2-6-20(12-17)15-26-24(28)23(33-25(26)29)14-19-5-3-7-22(13-19)32-16-18-8-10-21(11-9-18)27(30)31/h2-14H,15-16H2,1H3/b23-14-. The number of hydrogen-bond donors (Lipinski definition) is 0. The second kappa shape index (κ2) is 9.70. The van der Waals surface area contributed by atoms with E-state index >= 15 is 0 Å². The van der Waals surface area contributed by atoms with Crippen LogP contribution in [0.4, 0.5) is 10.5 Å². The van der Waals surface area contributed by atoms with Crippen molar-refractivity contribution in [1.82, 2.24) is 4.90 Å². The van der Waals surface area contributed by atoms with E-state index in [4.69, 9.17) is 4.74 Å². The molecule has 2 amide bonds. The zero-order valence-corrected chi connectivity index (χ0v) is 18.6. The lowest BCUT2D eigenvalue weighted by Crippen LogP contribution is -2.27. The van der Waals surface area contributed by atoms with Crippen LogP contribution in [0, 0.1) is 17.0 Å². The molecular weight excluding hydrogens is 440 g/mol. The number of imide groups is 1. The number of hydrogen-bond acceptors (Lipinski definition) is 6. The van der Waals surface area contributed by atoms with Crippen LogP contribution in [0.3, 0.4) is 0 Å². The van der Waals surface area contributed by atoms with Crippen molar-refractivity contribution in [2.45, 2.75) is 20.1 Å². The maximum Gasteiger partial charge on any atom is 0.293 e. The maximum absolute atomic E-state index is 12.8. The molecule has 0 radical (unpaired) electrons. The highest BCUT2D eigenvalue weighted by Crippen LogP contribution is 2.33. The number of ether oxygens (including phenoxy) is 1. The average molecular weight is 461 g/mol. The summed E-state index contributed by atoms with van der Waals surface area (Å²) in [4.78, 5) is 37.2. The van der Waals surface area contributed by atoms with Gasteiger partial charge in [0.25, 0.3) is 16.8 Å². The smallest absolute Gasteiger partial charge is 0.293 e. The van der Waals surface area contributed by atoms with Crippen LogP contribution < -0.4 is 4.74 Å². The minimum Gasteiger partial charge on any atom is -0.489 e. The number of amides is 2. The van der Waals surface area contributed by atoms with E-state index in [9.17, 15) is 19.7 Å². The van der Waals surface area contributed by atoms with E-state index in [2.05, 4.69) is 0 Å².